The van der Waals surface area contributed by atoms with Gasteiger partial charge in [0.2, 0.25) is 5.88 Å². The van der Waals surface area contributed by atoms with Crippen molar-refractivity contribution in [3.8, 4) is 5.88 Å². The van der Waals surface area contributed by atoms with Gasteiger partial charge in [-0.05, 0) is 12.8 Å². The second-order valence-electron chi connectivity index (χ2n) is 5.08. The van der Waals surface area contributed by atoms with Gasteiger partial charge < -0.3 is 20.1 Å². The number of thiazole rings is 1. The number of hydrogen-bond donors (Lipinski definition) is 2. The predicted octanol–water partition coefficient (Wildman–Crippen LogP) is 1.08. The van der Waals surface area contributed by atoms with Crippen molar-refractivity contribution in [3.05, 3.63) is 4.88 Å². The molecule has 1 aromatic rings. The molecule has 102 valence electrons. The van der Waals surface area contributed by atoms with Gasteiger partial charge in [0.1, 0.15) is 0 Å². The van der Waals surface area contributed by atoms with Crippen molar-refractivity contribution in [3.63, 3.8) is 0 Å². The van der Waals surface area contributed by atoms with E-state index in [1.54, 1.807) is 18.4 Å². The molecule has 0 saturated heterocycles. The van der Waals surface area contributed by atoms with Crippen LogP contribution in [0.2, 0.25) is 0 Å². The van der Waals surface area contributed by atoms with Gasteiger partial charge in [-0.3, -0.25) is 0 Å². The average molecular weight is 271 g/mol. The van der Waals surface area contributed by atoms with E-state index >= 15 is 0 Å². The Morgan fingerprint density at radius 2 is 2.22 bits per heavy atom. The van der Waals surface area contributed by atoms with Crippen LogP contribution in [0.5, 0.6) is 5.88 Å². The molecule has 0 bridgehead atoms. The topological polar surface area (TPSA) is 57.6 Å². The quantitative estimate of drug-likeness (QED) is 0.777. The lowest BCUT2D eigenvalue weighted by molar-refractivity contribution is 0.207. The molecule has 5 nitrogen and oxygen atoms in total. The van der Waals surface area contributed by atoms with Crippen LogP contribution in [0, 0.1) is 5.41 Å². The van der Waals surface area contributed by atoms with Crippen LogP contribution >= 0.6 is 11.3 Å². The minimum Gasteiger partial charge on any atom is -0.480 e. The smallest absolute Gasteiger partial charge is 0.230 e. The second kappa shape index (κ2) is 5.42. The van der Waals surface area contributed by atoms with Gasteiger partial charge in [0.25, 0.3) is 0 Å². The highest BCUT2D eigenvalue weighted by Gasteiger charge is 2.41. The summed E-state index contributed by atoms with van der Waals surface area (Å²) in [4.78, 5) is 7.50. The van der Waals surface area contributed by atoms with Crippen molar-refractivity contribution in [2.75, 3.05) is 39.3 Å². The first-order valence-electron chi connectivity index (χ1n) is 6.13. The molecule has 1 saturated carbocycles. The highest BCUT2D eigenvalue weighted by atomic mass is 32.1. The van der Waals surface area contributed by atoms with Crippen LogP contribution in [0.15, 0.2) is 0 Å². The molecule has 0 aliphatic heterocycles. The lowest BCUT2D eigenvalue weighted by atomic mass is 10.1. The van der Waals surface area contributed by atoms with Gasteiger partial charge in [0.05, 0.1) is 12.0 Å². The zero-order valence-electron chi connectivity index (χ0n) is 11.2. The van der Waals surface area contributed by atoms with Crippen molar-refractivity contribution in [1.82, 2.24) is 10.3 Å². The van der Waals surface area contributed by atoms with Crippen LogP contribution in [0.1, 0.15) is 17.7 Å². The Balaban J connectivity index is 1.91. The maximum absolute atomic E-state index is 9.25. The normalized spacial score (nSPS) is 16.7. The summed E-state index contributed by atoms with van der Waals surface area (Å²) in [6.07, 6.45) is 2.25. The van der Waals surface area contributed by atoms with Gasteiger partial charge in [-0.15, -0.1) is 0 Å². The largest absolute Gasteiger partial charge is 0.480 e. The zero-order chi connectivity index (χ0) is 13.2. The number of ether oxygens (including phenoxy) is 1. The summed E-state index contributed by atoms with van der Waals surface area (Å²) in [6.45, 7) is 1.89. The molecule has 18 heavy (non-hydrogen) atoms. The van der Waals surface area contributed by atoms with Crippen LogP contribution in [-0.2, 0) is 6.54 Å². The summed E-state index contributed by atoms with van der Waals surface area (Å²) in [5, 5.41) is 13.6. The number of rotatable bonds is 7. The molecular formula is C12H21N3O2S. The summed E-state index contributed by atoms with van der Waals surface area (Å²) in [5.74, 6) is 0.699. The van der Waals surface area contributed by atoms with Crippen LogP contribution in [-0.4, -0.2) is 44.4 Å². The first kappa shape index (κ1) is 13.6. The van der Waals surface area contributed by atoms with Gasteiger partial charge in [-0.25, -0.2) is 0 Å². The standard InChI is InChI=1S/C12H21N3O2S/c1-15(2)11-14-10(17-3)9(18-11)6-13-7-12(8-16)4-5-12/h13,16H,4-8H2,1-3H3. The maximum atomic E-state index is 9.25. The van der Waals surface area contributed by atoms with Gasteiger partial charge in [0.15, 0.2) is 5.13 Å². The third kappa shape index (κ3) is 2.93. The van der Waals surface area contributed by atoms with Crippen molar-refractivity contribution >= 4 is 16.5 Å². The average Bonchev–Trinajstić information content (AvgIpc) is 3.01. The van der Waals surface area contributed by atoms with Gasteiger partial charge in [-0.1, -0.05) is 11.3 Å². The van der Waals surface area contributed by atoms with Crippen LogP contribution in [0.3, 0.4) is 0 Å². The molecule has 0 unspecified atom stereocenters. The number of anilines is 1. The Kier molecular flexibility index (Phi) is 4.09. The maximum Gasteiger partial charge on any atom is 0.230 e. The van der Waals surface area contributed by atoms with Crippen molar-refractivity contribution in [2.24, 2.45) is 5.41 Å². The molecule has 6 heteroatoms. The molecule has 0 spiro atoms. The number of nitrogens with zero attached hydrogens (tertiary/aromatic N) is 2. The number of aromatic nitrogens is 1. The highest BCUT2D eigenvalue weighted by Crippen LogP contribution is 2.44. The number of aliphatic hydroxyl groups excluding tert-OH is 1. The predicted molar refractivity (Wildman–Crippen MR) is 73.5 cm³/mol. The first-order valence-corrected chi connectivity index (χ1v) is 6.94. The fourth-order valence-corrected chi connectivity index (χ4v) is 2.72. The minimum absolute atomic E-state index is 0.141. The van der Waals surface area contributed by atoms with Crippen molar-refractivity contribution in [2.45, 2.75) is 19.4 Å². The Labute approximate surface area is 112 Å². The number of aliphatic hydroxyl groups is 1. The summed E-state index contributed by atoms with van der Waals surface area (Å²) in [6, 6.07) is 0. The molecule has 1 fully saturated rings. The van der Waals surface area contributed by atoms with Gasteiger partial charge in [-0.2, -0.15) is 4.98 Å². The monoisotopic (exact) mass is 271 g/mol. The Hall–Kier alpha value is -0.850. The molecule has 1 aromatic heterocycles. The molecule has 2 N–H and O–H groups in total. The summed E-state index contributed by atoms with van der Waals surface area (Å²) >= 11 is 1.64. The van der Waals surface area contributed by atoms with E-state index in [0.717, 1.165) is 35.9 Å². The SMILES string of the molecule is COc1nc(N(C)C)sc1CNCC1(CO)CC1. The molecule has 1 aliphatic rings. The molecule has 2 rings (SSSR count). The molecule has 1 heterocycles. The molecule has 0 aromatic carbocycles. The lowest BCUT2D eigenvalue weighted by Gasteiger charge is -2.12. The fraction of sp³-hybridized carbons (Fsp3) is 0.750. The van der Waals surface area contributed by atoms with Crippen molar-refractivity contribution < 1.29 is 9.84 Å². The van der Waals surface area contributed by atoms with Crippen LogP contribution in [0.25, 0.3) is 0 Å². The fourth-order valence-electron chi connectivity index (χ4n) is 1.80. The summed E-state index contributed by atoms with van der Waals surface area (Å²) in [7, 11) is 5.59. The van der Waals surface area contributed by atoms with E-state index in [9.17, 15) is 5.11 Å². The number of nitrogens with one attached hydrogen (secondary N) is 1. The third-order valence-corrected chi connectivity index (χ3v) is 4.51. The van der Waals surface area contributed by atoms with E-state index in [1.807, 2.05) is 19.0 Å². The molecular weight excluding hydrogens is 250 g/mol. The first-order chi connectivity index (χ1) is 8.60. The van der Waals surface area contributed by atoms with Crippen LogP contribution in [0.4, 0.5) is 5.13 Å². The third-order valence-electron chi connectivity index (χ3n) is 3.30. The van der Waals surface area contributed by atoms with Gasteiger partial charge in [0, 0.05) is 39.2 Å². The van der Waals surface area contributed by atoms with E-state index in [4.69, 9.17) is 4.74 Å². The van der Waals surface area contributed by atoms with E-state index in [0.29, 0.717) is 5.88 Å². The van der Waals surface area contributed by atoms with E-state index < -0.39 is 0 Å². The Morgan fingerprint density at radius 1 is 1.50 bits per heavy atom. The number of methoxy groups -OCH3 is 1. The summed E-state index contributed by atoms with van der Waals surface area (Å²) in [5.41, 5.74) is 0.141. The highest BCUT2D eigenvalue weighted by molar-refractivity contribution is 7.15. The van der Waals surface area contributed by atoms with Crippen molar-refractivity contribution in [1.29, 1.82) is 0 Å². The minimum atomic E-state index is 0.141. The molecule has 0 radical (unpaired) electrons. The van der Waals surface area contributed by atoms with E-state index in [1.165, 1.54) is 0 Å². The lowest BCUT2D eigenvalue weighted by Crippen LogP contribution is -2.25. The summed E-state index contributed by atoms with van der Waals surface area (Å²) < 4.78 is 5.28. The molecule has 0 amide bonds. The van der Waals surface area contributed by atoms with Gasteiger partial charge >= 0.3 is 0 Å². The molecule has 1 aliphatic carbocycles. The second-order valence-corrected chi connectivity index (χ2v) is 6.15. The van der Waals surface area contributed by atoms with Crippen LogP contribution < -0.4 is 15.0 Å². The number of hydrogen-bond acceptors (Lipinski definition) is 6. The Bertz CT molecular complexity index is 402. The van der Waals surface area contributed by atoms with E-state index in [-0.39, 0.29) is 12.0 Å². The van der Waals surface area contributed by atoms with E-state index in [2.05, 4.69) is 10.3 Å². The zero-order valence-corrected chi connectivity index (χ0v) is 12.0. The molecule has 0 atom stereocenters. The Morgan fingerprint density at radius 3 is 2.72 bits per heavy atom.